The van der Waals surface area contributed by atoms with Crippen LogP contribution in [0, 0.1) is 0 Å². The van der Waals surface area contributed by atoms with E-state index in [0.717, 1.165) is 0 Å². The molecule has 0 bridgehead atoms. The van der Waals surface area contributed by atoms with E-state index in [1.807, 2.05) is 0 Å². The lowest BCUT2D eigenvalue weighted by Crippen LogP contribution is -0.482. The highest BCUT2D eigenvalue weighted by atomic mass is 14.0. The molecular weight excluding hydrogens is 252 g/mol. The summed E-state index contributed by atoms with van der Waals surface area (Å²) in [6.07, 6.45) is 0. The van der Waals surface area contributed by atoms with Crippen molar-refractivity contribution in [3.8, 4) is 0 Å². The molecule has 0 aromatic carbocycles. The highest BCUT2D eigenvalue weighted by molar-refractivity contribution is 2.15. The maximum Gasteiger partial charge on any atom is -0.344 e. The summed E-state index contributed by atoms with van der Waals surface area (Å²) in [4.78, 5) is 0. The molecule has 0 amide bonds. The highest BCUT2D eigenvalue weighted by Gasteiger charge is -0.327. The lowest BCUT2D eigenvalue weighted by Gasteiger charge is -0.345. The van der Waals surface area contributed by atoms with Crippen LogP contribution in [0.15, 0.2) is 0 Å². The van der Waals surface area contributed by atoms with E-state index in [2.05, 4.69) is 0 Å². The fraction of sp³-hybridized carbons (Fsp3) is 0. The Morgan fingerprint density at radius 3 is 0.0556 bits per heavy atom. The van der Waals surface area contributed by atoms with Crippen LogP contribution in [0.2, 0.25) is 0 Å². The Kier molecular flexibility index (Phi) is 3600000. The molecule has 0 aliphatic heterocycles. The van der Waals surface area contributed by atoms with Crippen LogP contribution in [0.5, 0.6) is 0 Å². The molecule has 18 heavy (non-hydrogen) atoms. The lowest BCUT2D eigenvalue weighted by molar-refractivity contribution is 2.13. The van der Waals surface area contributed by atoms with Crippen LogP contribution in [-0.4, -0.2) is 0 Å². The smallest absolute Gasteiger partial charge is 0.344 e. The van der Waals surface area contributed by atoms with Crippen molar-refractivity contribution in [3.63, 3.8) is 0 Å². The maximum atomic E-state index is 0. The predicted molar refractivity (Wildman–Crippen MR) is 90.4 cm³/mol. The standard InChI is InChI=1S/18H3N/h18*1H3. The molecular formula is H54N18. The van der Waals surface area contributed by atoms with E-state index in [4.69, 9.17) is 0 Å². The number of hydrogen-bond acceptors (Lipinski definition) is 18. The van der Waals surface area contributed by atoms with E-state index in [9.17, 15) is 0 Å². The highest BCUT2D eigenvalue weighted by Crippen LogP contribution is -0.464. The summed E-state index contributed by atoms with van der Waals surface area (Å²) in [7, 11) is 0. The molecule has 0 aromatic rings. The summed E-state index contributed by atoms with van der Waals surface area (Å²) in [6.45, 7) is 0. The molecule has 0 saturated carbocycles. The van der Waals surface area contributed by atoms with E-state index in [1.165, 1.54) is 0 Å². The molecule has 0 spiro atoms. The van der Waals surface area contributed by atoms with E-state index in [1.54, 1.807) is 0 Å². The lowest BCUT2D eigenvalue weighted by atomic mass is 14.0. The largest absolute Gasteiger partial charge is 0.344 e. The molecule has 0 fully saturated rings. The minimum atomic E-state index is 0. The van der Waals surface area contributed by atoms with Crippen molar-refractivity contribution in [1.82, 2.24) is 111 Å². The maximum absolute atomic E-state index is 0. The van der Waals surface area contributed by atoms with Gasteiger partial charge in [-0.25, -0.2) is 0 Å². The molecule has 0 aliphatic rings. The van der Waals surface area contributed by atoms with Gasteiger partial charge in [-0.1, -0.05) is 0 Å². The first-order valence-corrected chi connectivity index (χ1v) is 0. The molecule has 0 saturated heterocycles. The van der Waals surface area contributed by atoms with Crippen molar-refractivity contribution in [3.05, 3.63) is 0 Å². The predicted octanol–water partition coefficient (Wildman–Crippen LogP) is 2.92. The van der Waals surface area contributed by atoms with Crippen LogP contribution in [-0.2, 0) is 0 Å². The fourth-order valence-corrected chi connectivity index (χ4v) is 0. The van der Waals surface area contributed by atoms with E-state index in [0.29, 0.717) is 0 Å². The molecule has 0 aliphatic carbocycles. The van der Waals surface area contributed by atoms with Crippen LogP contribution < -0.4 is 111 Å². The first kappa shape index (κ1) is 8830. The summed E-state index contributed by atoms with van der Waals surface area (Å²) in [5, 5.41) is 0. The Hall–Kier alpha value is -0.720. The Balaban J connectivity index is 0. The molecule has 0 aromatic heterocycles. The second kappa shape index (κ2) is 7330. The van der Waals surface area contributed by atoms with Gasteiger partial charge in [-0.2, -0.15) is 0 Å². The second-order valence-corrected chi connectivity index (χ2v) is 0. The molecule has 18 nitrogen and oxygen atoms in total. The molecule has 0 atom stereocenters. The van der Waals surface area contributed by atoms with Crippen molar-refractivity contribution in [1.29, 1.82) is 0 Å². The van der Waals surface area contributed by atoms with E-state index < -0.39 is 0 Å². The SMILES string of the molecule is N.N.N.N.N.N.N.N.N.N.N.N.N.N.N.N.N.N. The zero-order chi connectivity index (χ0) is 0. The topological polar surface area (TPSA) is 630 Å². The summed E-state index contributed by atoms with van der Waals surface area (Å²) >= 11 is 0. The first-order valence-electron chi connectivity index (χ1n) is 0. The van der Waals surface area contributed by atoms with Gasteiger partial charge >= 0.3 is 0 Å². The molecule has 0 unspecified atom stereocenters. The Labute approximate surface area is 112 Å². The van der Waals surface area contributed by atoms with Crippen molar-refractivity contribution in [2.24, 2.45) is 0 Å². The fourth-order valence-electron chi connectivity index (χ4n) is 0. The summed E-state index contributed by atoms with van der Waals surface area (Å²) in [5.74, 6) is 0. The monoisotopic (exact) mass is 306 g/mol. The Bertz CT molecular complexity index is 0. The normalized spacial score (nSPS) is 0. The van der Waals surface area contributed by atoms with Crippen molar-refractivity contribution in [2.45, 2.75) is 0 Å². The van der Waals surface area contributed by atoms with Crippen LogP contribution in [0.25, 0.3) is 0 Å². The minimum absolute atomic E-state index is 0. The summed E-state index contributed by atoms with van der Waals surface area (Å²) in [5.41, 5.74) is 0. The molecule has 144 valence electrons. The Morgan fingerprint density at radius 1 is 0.0556 bits per heavy atom. The van der Waals surface area contributed by atoms with Gasteiger partial charge in [-0.3, -0.25) is 0 Å². The zero-order valence-electron chi connectivity index (χ0n) is 12.7. The van der Waals surface area contributed by atoms with Crippen LogP contribution >= 0.6 is 0 Å². The Morgan fingerprint density at radius 2 is 0.0556 bits per heavy atom. The van der Waals surface area contributed by atoms with Gasteiger partial charge in [-0.05, 0) is 0 Å². The van der Waals surface area contributed by atoms with Crippen LogP contribution in [0.1, 0.15) is 0 Å². The zero-order valence-corrected chi connectivity index (χ0v) is 12.7. The third kappa shape index (κ3) is 6010. The molecule has 0 rings (SSSR count). The average molecular weight is 307 g/mol. The van der Waals surface area contributed by atoms with Gasteiger partial charge in [0.2, 0.25) is 0 Å². The average Bonchev–Trinajstić information content (AvgIpc) is 0. The van der Waals surface area contributed by atoms with Gasteiger partial charge < -0.3 is 111 Å². The van der Waals surface area contributed by atoms with Gasteiger partial charge in [0.1, 0.15) is 0 Å². The van der Waals surface area contributed by atoms with E-state index >= 15 is 0 Å². The number of rotatable bonds is 0. The van der Waals surface area contributed by atoms with Gasteiger partial charge in [-0.15, -0.1) is 0 Å². The second-order valence-electron chi connectivity index (χ2n) is 0. The third-order valence-corrected chi connectivity index (χ3v) is 0. The molecule has 54 N–H and O–H groups in total. The number of hydrogen-bond donors (Lipinski definition) is 18. The van der Waals surface area contributed by atoms with Crippen molar-refractivity contribution in [2.75, 3.05) is 0 Å². The third-order valence-electron chi connectivity index (χ3n) is 0. The van der Waals surface area contributed by atoms with Crippen molar-refractivity contribution >= 4 is 0 Å². The quantitative estimate of drug-likeness (QED) is 0.305. The summed E-state index contributed by atoms with van der Waals surface area (Å²) < 4.78 is 0. The van der Waals surface area contributed by atoms with E-state index in [-0.39, 0.29) is 111 Å². The van der Waals surface area contributed by atoms with Crippen LogP contribution in [0.4, 0.5) is 0 Å². The van der Waals surface area contributed by atoms with Gasteiger partial charge in [0.25, 0.3) is 0 Å². The molecule has 0 heterocycles. The van der Waals surface area contributed by atoms with Crippen LogP contribution in [0.3, 0.4) is 0 Å². The minimum Gasteiger partial charge on any atom is -0.344 e. The first-order chi connectivity index (χ1) is 0. The van der Waals surface area contributed by atoms with Gasteiger partial charge in [0.15, 0.2) is 0 Å². The molecule has 0 radical (unpaired) electrons. The van der Waals surface area contributed by atoms with Gasteiger partial charge in [0.05, 0.1) is 0 Å². The van der Waals surface area contributed by atoms with Gasteiger partial charge in [0, 0.05) is 0 Å². The van der Waals surface area contributed by atoms with Crippen molar-refractivity contribution < 1.29 is 0 Å². The molecule has 18 heteroatoms. The summed E-state index contributed by atoms with van der Waals surface area (Å²) in [6, 6.07) is 0.